The van der Waals surface area contributed by atoms with Gasteiger partial charge in [-0.3, -0.25) is 9.78 Å². The number of hydrogen-bond donors (Lipinski definition) is 0. The number of pyridine rings is 1. The maximum absolute atomic E-state index is 12.5. The number of aromatic nitrogens is 3. The summed E-state index contributed by atoms with van der Waals surface area (Å²) in [5, 5.41) is 8.39. The van der Waals surface area contributed by atoms with Crippen LogP contribution < -0.4 is 0 Å². The van der Waals surface area contributed by atoms with Crippen LogP contribution in [0.1, 0.15) is 35.9 Å². The van der Waals surface area contributed by atoms with Crippen molar-refractivity contribution in [2.75, 3.05) is 13.1 Å². The van der Waals surface area contributed by atoms with E-state index in [0.717, 1.165) is 42.8 Å². The molecule has 0 bridgehead atoms. The monoisotopic (exact) mass is 362 g/mol. The molecule has 1 amide bonds. The van der Waals surface area contributed by atoms with Gasteiger partial charge in [0.05, 0.1) is 12.0 Å². The van der Waals surface area contributed by atoms with Crippen LogP contribution in [0.3, 0.4) is 0 Å². The molecule has 27 heavy (non-hydrogen) atoms. The second-order valence-corrected chi connectivity index (χ2v) is 6.95. The average molecular weight is 362 g/mol. The first-order valence-electron chi connectivity index (χ1n) is 9.27. The van der Waals surface area contributed by atoms with E-state index >= 15 is 0 Å². The summed E-state index contributed by atoms with van der Waals surface area (Å²) in [4.78, 5) is 18.7. The summed E-state index contributed by atoms with van der Waals surface area (Å²) in [7, 11) is 0. The Bertz CT molecular complexity index is 897. The molecule has 0 atom stereocenters. The van der Waals surface area contributed by atoms with Gasteiger partial charge in [-0.1, -0.05) is 30.3 Å². The van der Waals surface area contributed by atoms with Crippen molar-refractivity contribution in [1.82, 2.24) is 20.1 Å². The van der Waals surface area contributed by atoms with Gasteiger partial charge in [-0.25, -0.2) is 0 Å². The smallest absolute Gasteiger partial charge is 0.249 e. The standard InChI is InChI=1S/C21H22N4O2/c1-15-7-8-18(14-22-15)21-24-23-20(27-21)17-9-11-25(12-10-17)19(26)13-16-5-3-2-4-6-16/h2-8,14,17H,9-13H2,1H3. The first kappa shape index (κ1) is 17.4. The Morgan fingerprint density at radius 3 is 2.59 bits per heavy atom. The minimum atomic E-state index is 0.177. The lowest BCUT2D eigenvalue weighted by atomic mass is 9.96. The SMILES string of the molecule is Cc1ccc(-c2nnc(C3CCN(C(=O)Cc4ccccc4)CC3)o2)cn1. The summed E-state index contributed by atoms with van der Waals surface area (Å²) in [6, 6.07) is 13.7. The molecule has 1 fully saturated rings. The van der Waals surface area contributed by atoms with Gasteiger partial charge in [0.15, 0.2) is 0 Å². The molecule has 138 valence electrons. The second-order valence-electron chi connectivity index (χ2n) is 6.95. The average Bonchev–Trinajstić information content (AvgIpc) is 3.20. The lowest BCUT2D eigenvalue weighted by Gasteiger charge is -2.30. The number of likely N-dealkylation sites (tertiary alicyclic amines) is 1. The van der Waals surface area contributed by atoms with Crippen molar-refractivity contribution in [2.45, 2.75) is 32.1 Å². The zero-order valence-corrected chi connectivity index (χ0v) is 15.3. The highest BCUT2D eigenvalue weighted by molar-refractivity contribution is 5.78. The Hall–Kier alpha value is -3.02. The number of rotatable bonds is 4. The number of nitrogens with zero attached hydrogens (tertiary/aromatic N) is 4. The molecular formula is C21H22N4O2. The van der Waals surface area contributed by atoms with Crippen molar-refractivity contribution < 1.29 is 9.21 Å². The number of carbonyl (C=O) groups excluding carboxylic acids is 1. The van der Waals surface area contributed by atoms with Gasteiger partial charge >= 0.3 is 0 Å². The van der Waals surface area contributed by atoms with Crippen LogP contribution in [-0.4, -0.2) is 39.1 Å². The Kier molecular flexibility index (Phi) is 4.96. The molecule has 3 aromatic rings. The van der Waals surface area contributed by atoms with E-state index in [1.165, 1.54) is 0 Å². The van der Waals surface area contributed by atoms with Gasteiger partial charge in [0.1, 0.15) is 0 Å². The molecule has 1 aliphatic rings. The molecule has 0 aliphatic carbocycles. The van der Waals surface area contributed by atoms with Crippen molar-refractivity contribution in [3.05, 3.63) is 65.8 Å². The third kappa shape index (κ3) is 4.05. The summed E-state index contributed by atoms with van der Waals surface area (Å²) < 4.78 is 5.87. The van der Waals surface area contributed by atoms with Crippen LogP contribution in [-0.2, 0) is 11.2 Å². The largest absolute Gasteiger partial charge is 0.420 e. The number of aryl methyl sites for hydroxylation is 1. The number of amides is 1. The molecule has 4 rings (SSSR count). The van der Waals surface area contributed by atoms with Gasteiger partial charge in [-0.05, 0) is 37.5 Å². The van der Waals surface area contributed by atoms with Crippen LogP contribution in [0.4, 0.5) is 0 Å². The Morgan fingerprint density at radius 1 is 1.11 bits per heavy atom. The van der Waals surface area contributed by atoms with Gasteiger partial charge < -0.3 is 9.32 Å². The van der Waals surface area contributed by atoms with Crippen LogP contribution in [0.5, 0.6) is 0 Å². The van der Waals surface area contributed by atoms with Gasteiger partial charge in [-0.2, -0.15) is 0 Å². The van der Waals surface area contributed by atoms with E-state index in [0.29, 0.717) is 18.2 Å². The zero-order valence-electron chi connectivity index (χ0n) is 15.3. The van der Waals surface area contributed by atoms with E-state index in [2.05, 4.69) is 15.2 Å². The molecule has 6 nitrogen and oxygen atoms in total. The van der Waals surface area contributed by atoms with Gasteiger partial charge in [0.2, 0.25) is 17.7 Å². The van der Waals surface area contributed by atoms with Crippen molar-refractivity contribution in [2.24, 2.45) is 0 Å². The maximum Gasteiger partial charge on any atom is 0.249 e. The van der Waals surface area contributed by atoms with Crippen molar-refractivity contribution in [1.29, 1.82) is 0 Å². The fraction of sp³-hybridized carbons (Fsp3) is 0.333. The summed E-state index contributed by atoms with van der Waals surface area (Å²) >= 11 is 0. The van der Waals surface area contributed by atoms with Crippen LogP contribution in [0, 0.1) is 6.92 Å². The van der Waals surface area contributed by atoms with E-state index in [-0.39, 0.29) is 11.8 Å². The summed E-state index contributed by atoms with van der Waals surface area (Å²) in [6.45, 7) is 3.39. The molecule has 3 heterocycles. The third-order valence-corrected chi connectivity index (χ3v) is 4.99. The van der Waals surface area contributed by atoms with Crippen LogP contribution in [0.25, 0.3) is 11.5 Å². The van der Waals surface area contributed by atoms with Crippen molar-refractivity contribution >= 4 is 5.91 Å². The molecule has 0 N–H and O–H groups in total. The second kappa shape index (κ2) is 7.70. The first-order valence-corrected chi connectivity index (χ1v) is 9.27. The zero-order chi connectivity index (χ0) is 18.6. The molecule has 1 aromatic carbocycles. The first-order chi connectivity index (χ1) is 13.2. The summed E-state index contributed by atoms with van der Waals surface area (Å²) in [5.74, 6) is 1.53. The maximum atomic E-state index is 12.5. The molecule has 0 radical (unpaired) electrons. The predicted octanol–water partition coefficient (Wildman–Crippen LogP) is 3.39. The van der Waals surface area contributed by atoms with Crippen LogP contribution in [0.2, 0.25) is 0 Å². The molecule has 1 aliphatic heterocycles. The summed E-state index contributed by atoms with van der Waals surface area (Å²) in [5.41, 5.74) is 2.83. The molecule has 1 saturated heterocycles. The molecular weight excluding hydrogens is 340 g/mol. The Labute approximate surface area is 158 Å². The van der Waals surface area contributed by atoms with Crippen molar-refractivity contribution in [3.63, 3.8) is 0 Å². The minimum Gasteiger partial charge on any atom is -0.420 e. The van der Waals surface area contributed by atoms with Gasteiger partial charge in [0, 0.05) is 30.9 Å². The number of hydrogen-bond acceptors (Lipinski definition) is 5. The van der Waals surface area contributed by atoms with E-state index in [1.54, 1.807) is 6.20 Å². The lowest BCUT2D eigenvalue weighted by Crippen LogP contribution is -2.38. The molecule has 0 unspecified atom stereocenters. The highest BCUT2D eigenvalue weighted by Gasteiger charge is 2.27. The normalized spacial score (nSPS) is 15.1. The highest BCUT2D eigenvalue weighted by atomic mass is 16.4. The minimum absolute atomic E-state index is 0.177. The molecule has 0 saturated carbocycles. The van der Waals surface area contributed by atoms with Crippen molar-refractivity contribution in [3.8, 4) is 11.5 Å². The topological polar surface area (TPSA) is 72.1 Å². The number of piperidine rings is 1. The van der Waals surface area contributed by atoms with Gasteiger partial charge in [-0.15, -0.1) is 10.2 Å². The lowest BCUT2D eigenvalue weighted by molar-refractivity contribution is -0.131. The number of carbonyl (C=O) groups is 1. The predicted molar refractivity (Wildman–Crippen MR) is 101 cm³/mol. The fourth-order valence-corrected chi connectivity index (χ4v) is 3.37. The quantitative estimate of drug-likeness (QED) is 0.711. The van der Waals surface area contributed by atoms with E-state index in [9.17, 15) is 4.79 Å². The third-order valence-electron chi connectivity index (χ3n) is 4.99. The Morgan fingerprint density at radius 2 is 1.89 bits per heavy atom. The molecule has 0 spiro atoms. The highest BCUT2D eigenvalue weighted by Crippen LogP contribution is 2.29. The number of benzene rings is 1. The van der Waals surface area contributed by atoms with E-state index in [1.807, 2.05) is 54.3 Å². The fourth-order valence-electron chi connectivity index (χ4n) is 3.37. The van der Waals surface area contributed by atoms with E-state index in [4.69, 9.17) is 4.42 Å². The van der Waals surface area contributed by atoms with E-state index < -0.39 is 0 Å². The Balaban J connectivity index is 1.35. The molecule has 6 heteroatoms. The van der Waals surface area contributed by atoms with Crippen LogP contribution in [0.15, 0.2) is 53.1 Å². The summed E-state index contributed by atoms with van der Waals surface area (Å²) in [6.07, 6.45) is 3.89. The van der Waals surface area contributed by atoms with Crippen LogP contribution >= 0.6 is 0 Å². The van der Waals surface area contributed by atoms with Gasteiger partial charge in [0.25, 0.3) is 0 Å². The molecule has 2 aromatic heterocycles.